The minimum absolute atomic E-state index is 0.0346. The van der Waals surface area contributed by atoms with Crippen LogP contribution in [-0.2, 0) is 14.8 Å². The molecule has 1 aromatic carbocycles. The van der Waals surface area contributed by atoms with Crippen LogP contribution < -0.4 is 10.2 Å². The van der Waals surface area contributed by atoms with E-state index in [1.54, 1.807) is 18.2 Å². The van der Waals surface area contributed by atoms with Crippen molar-refractivity contribution in [2.45, 2.75) is 44.6 Å². The molecule has 0 bridgehead atoms. The summed E-state index contributed by atoms with van der Waals surface area (Å²) in [6.07, 6.45) is 2.07. The molecule has 0 radical (unpaired) electrons. The normalized spacial score (nSPS) is 17.8. The van der Waals surface area contributed by atoms with Crippen molar-refractivity contribution in [1.29, 1.82) is 0 Å². The number of halogens is 1. The number of amides is 1. The lowest BCUT2D eigenvalue weighted by molar-refractivity contribution is -0.895. The number of nitrogens with one attached hydrogen (secondary N) is 2. The minimum Gasteiger partial charge on any atom is -0.349 e. The van der Waals surface area contributed by atoms with Crippen molar-refractivity contribution in [3.63, 3.8) is 0 Å². The van der Waals surface area contributed by atoms with Gasteiger partial charge in [-0.25, -0.2) is 8.42 Å². The maximum atomic E-state index is 12.7. The number of nitrogens with zero attached hydrogens (tertiary/aromatic N) is 1. The van der Waals surface area contributed by atoms with Crippen molar-refractivity contribution in [3.8, 4) is 0 Å². The zero-order valence-corrected chi connectivity index (χ0v) is 17.9. The summed E-state index contributed by atoms with van der Waals surface area (Å²) in [4.78, 5) is 13.6. The molecule has 1 fully saturated rings. The first-order chi connectivity index (χ1) is 12.7. The third kappa shape index (κ3) is 6.75. The van der Waals surface area contributed by atoms with Crippen molar-refractivity contribution in [3.05, 3.63) is 29.3 Å². The second kappa shape index (κ2) is 9.87. The summed E-state index contributed by atoms with van der Waals surface area (Å²) in [5.74, 6) is 0.664. The molecule has 152 valence electrons. The van der Waals surface area contributed by atoms with Gasteiger partial charge in [0, 0.05) is 11.1 Å². The number of hydrogen-bond acceptors (Lipinski definition) is 3. The molecule has 27 heavy (non-hydrogen) atoms. The van der Waals surface area contributed by atoms with E-state index in [9.17, 15) is 13.2 Å². The second-order valence-electron chi connectivity index (χ2n) is 7.73. The first-order valence-corrected chi connectivity index (χ1v) is 11.4. The molecule has 6 nitrogen and oxygen atoms in total. The molecule has 1 heterocycles. The summed E-state index contributed by atoms with van der Waals surface area (Å²) in [6, 6.07) is 6.50. The summed E-state index contributed by atoms with van der Waals surface area (Å²) in [6.45, 7) is 8.81. The van der Waals surface area contributed by atoms with Crippen LogP contribution in [-0.4, -0.2) is 57.4 Å². The van der Waals surface area contributed by atoms with E-state index in [1.807, 2.05) is 6.92 Å². The van der Waals surface area contributed by atoms with Crippen LogP contribution in [0.15, 0.2) is 29.2 Å². The van der Waals surface area contributed by atoms with E-state index in [0.29, 0.717) is 43.7 Å². The Morgan fingerprint density at radius 1 is 1.22 bits per heavy atom. The number of quaternary nitrogens is 1. The highest BCUT2D eigenvalue weighted by Gasteiger charge is 2.31. The molecule has 0 spiro atoms. The molecule has 2 rings (SSSR count). The lowest BCUT2D eigenvalue weighted by Crippen LogP contribution is -3.15. The maximum Gasteiger partial charge on any atom is 0.275 e. The molecule has 1 aliphatic heterocycles. The van der Waals surface area contributed by atoms with E-state index >= 15 is 0 Å². The standard InChI is InChI=1S/C19H30ClN3O3S/c1-15(2)7-8-16(3)21-19(24)14-22-9-11-23(12-10-22)27(25,26)18-6-4-5-17(20)13-18/h4-6,13,15-16H,7-12,14H2,1-3H3,(H,21,24)/p+1/t16-/m1/s1. The van der Waals surface area contributed by atoms with Gasteiger partial charge in [0.25, 0.3) is 5.91 Å². The van der Waals surface area contributed by atoms with E-state index in [2.05, 4.69) is 19.2 Å². The van der Waals surface area contributed by atoms with E-state index in [1.165, 1.54) is 10.4 Å². The smallest absolute Gasteiger partial charge is 0.275 e. The van der Waals surface area contributed by atoms with Crippen molar-refractivity contribution in [2.75, 3.05) is 32.7 Å². The number of rotatable bonds is 8. The molecule has 0 unspecified atom stereocenters. The highest BCUT2D eigenvalue weighted by atomic mass is 35.5. The number of sulfonamides is 1. The van der Waals surface area contributed by atoms with Crippen LogP contribution in [0, 0.1) is 5.92 Å². The quantitative estimate of drug-likeness (QED) is 0.668. The topological polar surface area (TPSA) is 70.9 Å². The Bertz CT molecular complexity index is 731. The fourth-order valence-corrected chi connectivity index (χ4v) is 4.95. The number of carbonyl (C=O) groups is 1. The van der Waals surface area contributed by atoms with Crippen molar-refractivity contribution in [2.24, 2.45) is 5.92 Å². The van der Waals surface area contributed by atoms with E-state index in [-0.39, 0.29) is 16.8 Å². The molecular weight excluding hydrogens is 386 g/mol. The van der Waals surface area contributed by atoms with Crippen molar-refractivity contribution >= 4 is 27.5 Å². The zero-order chi connectivity index (χ0) is 20.0. The highest BCUT2D eigenvalue weighted by Crippen LogP contribution is 2.19. The van der Waals surface area contributed by atoms with Crippen LogP contribution in [0.25, 0.3) is 0 Å². The predicted molar refractivity (Wildman–Crippen MR) is 107 cm³/mol. The van der Waals surface area contributed by atoms with Gasteiger partial charge in [-0.3, -0.25) is 4.79 Å². The first kappa shape index (κ1) is 22.1. The molecule has 8 heteroatoms. The molecule has 1 atom stereocenters. The zero-order valence-electron chi connectivity index (χ0n) is 16.4. The van der Waals surface area contributed by atoms with Gasteiger partial charge in [-0.1, -0.05) is 31.5 Å². The van der Waals surface area contributed by atoms with E-state index in [4.69, 9.17) is 11.6 Å². The Morgan fingerprint density at radius 3 is 2.48 bits per heavy atom. The van der Waals surface area contributed by atoms with E-state index < -0.39 is 10.0 Å². The Balaban J connectivity index is 1.82. The fraction of sp³-hybridized carbons (Fsp3) is 0.632. The fourth-order valence-electron chi connectivity index (χ4n) is 3.20. The van der Waals surface area contributed by atoms with Gasteiger partial charge in [0.05, 0.1) is 31.1 Å². The molecule has 1 aromatic rings. The predicted octanol–water partition coefficient (Wildman–Crippen LogP) is 1.17. The summed E-state index contributed by atoms with van der Waals surface area (Å²) in [7, 11) is -3.54. The van der Waals surface area contributed by atoms with Crippen LogP contribution in [0.5, 0.6) is 0 Å². The van der Waals surface area contributed by atoms with Crippen molar-refractivity contribution < 1.29 is 18.1 Å². The summed E-state index contributed by atoms with van der Waals surface area (Å²) in [5.41, 5.74) is 0. The van der Waals surface area contributed by atoms with Gasteiger partial charge >= 0.3 is 0 Å². The van der Waals surface area contributed by atoms with Gasteiger partial charge in [-0.2, -0.15) is 4.31 Å². The Morgan fingerprint density at radius 2 is 1.89 bits per heavy atom. The maximum absolute atomic E-state index is 12.7. The average molecular weight is 417 g/mol. The van der Waals surface area contributed by atoms with Gasteiger partial charge < -0.3 is 10.2 Å². The molecule has 2 N–H and O–H groups in total. The minimum atomic E-state index is -3.54. The Labute approximate surface area is 167 Å². The van der Waals surface area contributed by atoms with Gasteiger partial charge in [-0.15, -0.1) is 0 Å². The lowest BCUT2D eigenvalue weighted by atomic mass is 10.0. The van der Waals surface area contributed by atoms with Crippen LogP contribution >= 0.6 is 11.6 Å². The van der Waals surface area contributed by atoms with E-state index in [0.717, 1.165) is 17.7 Å². The molecular formula is C19H31ClN3O3S+. The third-order valence-corrected chi connectivity index (χ3v) is 6.99. The average Bonchev–Trinajstić information content (AvgIpc) is 2.60. The number of hydrogen-bond donors (Lipinski definition) is 2. The van der Waals surface area contributed by atoms with Gasteiger partial charge in [0.15, 0.2) is 6.54 Å². The molecule has 0 aromatic heterocycles. The summed E-state index contributed by atoms with van der Waals surface area (Å²) >= 11 is 5.92. The van der Waals surface area contributed by atoms with Crippen LogP contribution in [0.3, 0.4) is 0 Å². The number of piperazine rings is 1. The largest absolute Gasteiger partial charge is 0.349 e. The van der Waals surface area contributed by atoms with Gasteiger partial charge in [0.2, 0.25) is 10.0 Å². The van der Waals surface area contributed by atoms with Gasteiger partial charge in [-0.05, 0) is 43.9 Å². The molecule has 1 amide bonds. The summed E-state index contributed by atoms with van der Waals surface area (Å²) in [5, 5.41) is 3.46. The van der Waals surface area contributed by atoms with Crippen LogP contribution in [0.1, 0.15) is 33.6 Å². The van der Waals surface area contributed by atoms with Crippen LogP contribution in [0.2, 0.25) is 5.02 Å². The SMILES string of the molecule is CC(C)CC[C@@H](C)NC(=O)C[NH+]1CCN(S(=O)(=O)c2cccc(Cl)c2)CC1. The summed E-state index contributed by atoms with van der Waals surface area (Å²) < 4.78 is 26.9. The molecule has 1 aliphatic rings. The molecule has 1 saturated heterocycles. The molecule has 0 saturated carbocycles. The Kier molecular flexibility index (Phi) is 8.09. The number of carbonyl (C=O) groups excluding carboxylic acids is 1. The van der Waals surface area contributed by atoms with Gasteiger partial charge in [0.1, 0.15) is 0 Å². The van der Waals surface area contributed by atoms with Crippen molar-refractivity contribution in [1.82, 2.24) is 9.62 Å². The first-order valence-electron chi connectivity index (χ1n) is 9.57. The molecule has 0 aliphatic carbocycles. The lowest BCUT2D eigenvalue weighted by Gasteiger charge is -2.31. The Hall–Kier alpha value is -1.15. The van der Waals surface area contributed by atoms with Crippen LogP contribution in [0.4, 0.5) is 0 Å². The third-order valence-electron chi connectivity index (χ3n) is 4.86. The number of benzene rings is 1. The monoisotopic (exact) mass is 416 g/mol. The highest BCUT2D eigenvalue weighted by molar-refractivity contribution is 7.89. The second-order valence-corrected chi connectivity index (χ2v) is 10.1.